The summed E-state index contributed by atoms with van der Waals surface area (Å²) in [6, 6.07) is 33.4. The van der Waals surface area contributed by atoms with Gasteiger partial charge in [0.05, 0.1) is 28.4 Å². The smallest absolute Gasteiger partial charge is 0.341 e. The molecule has 7 rings (SSSR count). The average Bonchev–Trinajstić information content (AvgIpc) is 3.37. The van der Waals surface area contributed by atoms with Gasteiger partial charge in [0.1, 0.15) is 17.2 Å². The Morgan fingerprint density at radius 1 is 0.405 bits per heavy atom. The summed E-state index contributed by atoms with van der Waals surface area (Å²) in [5, 5.41) is 71.7. The van der Waals surface area contributed by atoms with Crippen LogP contribution in [0.5, 0.6) is 63.2 Å². The molecule has 0 aliphatic carbocycles. The van der Waals surface area contributed by atoms with Crippen molar-refractivity contribution < 1.29 is 83.3 Å². The van der Waals surface area contributed by atoms with Crippen molar-refractivity contribution in [2.45, 2.75) is 31.6 Å². The number of aliphatic carboxylic acids is 3. The van der Waals surface area contributed by atoms with Gasteiger partial charge in [0.25, 0.3) is 0 Å². The highest BCUT2D eigenvalue weighted by Gasteiger charge is 2.28. The summed E-state index contributed by atoms with van der Waals surface area (Å²) in [4.78, 5) is 36.0. The number of aryl methyl sites for hydroxylation is 1. The number of aromatic hydroxyl groups is 4. The van der Waals surface area contributed by atoms with E-state index in [1.54, 1.807) is 72.8 Å². The van der Waals surface area contributed by atoms with E-state index < -0.39 is 49.6 Å². The van der Waals surface area contributed by atoms with Crippen LogP contribution in [0.4, 0.5) is 0 Å². The van der Waals surface area contributed by atoms with Gasteiger partial charge >= 0.3 is 17.9 Å². The highest BCUT2D eigenvalue weighted by Crippen LogP contribution is 2.46. The third kappa shape index (κ3) is 12.3. The number of hydrogen-bond donors (Lipinski definition) is 7. The highest BCUT2D eigenvalue weighted by atomic mass is 16.5. The third-order valence-electron chi connectivity index (χ3n) is 12.1. The zero-order valence-electron chi connectivity index (χ0n) is 41.0. The van der Waals surface area contributed by atoms with Crippen LogP contribution in [0.2, 0.25) is 0 Å². The lowest BCUT2D eigenvalue weighted by atomic mass is 9.82. The monoisotopic (exact) mass is 1010 g/mol. The van der Waals surface area contributed by atoms with Crippen molar-refractivity contribution in [1.82, 2.24) is 0 Å². The molecule has 384 valence electrons. The largest absolute Gasteiger partial charge is 0.504 e. The minimum absolute atomic E-state index is 0.118. The summed E-state index contributed by atoms with van der Waals surface area (Å²) in [5.41, 5.74) is 6.76. The molecule has 17 nitrogen and oxygen atoms in total. The Kier molecular flexibility index (Phi) is 16.6. The first-order chi connectivity index (χ1) is 35.5. The van der Waals surface area contributed by atoms with E-state index in [0.717, 1.165) is 5.56 Å². The maximum Gasteiger partial charge on any atom is 0.341 e. The number of carbonyl (C=O) groups is 3. The summed E-state index contributed by atoms with van der Waals surface area (Å²) >= 11 is 0. The SMILES string of the molecule is COc1cc(C(c2ccc(O)c(OC)c2)c2cc(Cc3cc(C)cc(Cc4ccc(OCC(=O)O)c(C(c5ccc(O)c(OC)c5)c5ccc(O)c(OC)c5)c4)c3OCC(=O)O)ccc2OCC(=O)O)ccc1O. The minimum Gasteiger partial charge on any atom is -0.504 e. The van der Waals surface area contributed by atoms with Gasteiger partial charge in [0, 0.05) is 35.8 Å². The van der Waals surface area contributed by atoms with Gasteiger partial charge in [-0.1, -0.05) is 66.2 Å². The molecule has 0 fully saturated rings. The maximum atomic E-state index is 12.2. The molecule has 0 radical (unpaired) electrons. The van der Waals surface area contributed by atoms with Crippen LogP contribution in [0.3, 0.4) is 0 Å². The Bertz CT molecular complexity index is 2890. The Morgan fingerprint density at radius 3 is 1.01 bits per heavy atom. The number of rotatable bonds is 23. The molecule has 7 aromatic carbocycles. The first-order valence-electron chi connectivity index (χ1n) is 22.9. The fourth-order valence-corrected chi connectivity index (χ4v) is 8.96. The van der Waals surface area contributed by atoms with Crippen LogP contribution in [-0.4, -0.2) is 102 Å². The number of benzene rings is 7. The lowest BCUT2D eigenvalue weighted by molar-refractivity contribution is -0.140. The van der Waals surface area contributed by atoms with Crippen LogP contribution in [0.15, 0.2) is 121 Å². The molecule has 0 aliphatic rings. The normalized spacial score (nSPS) is 11.0. The number of carboxylic acids is 3. The summed E-state index contributed by atoms with van der Waals surface area (Å²) in [5.74, 6) is -4.20. The molecule has 17 heteroatoms. The van der Waals surface area contributed by atoms with E-state index in [2.05, 4.69) is 0 Å². The fraction of sp³-hybridized carbons (Fsp3) is 0.211. The lowest BCUT2D eigenvalue weighted by Crippen LogP contribution is -2.14. The van der Waals surface area contributed by atoms with Crippen LogP contribution in [0, 0.1) is 6.92 Å². The van der Waals surface area contributed by atoms with Crippen molar-refractivity contribution in [3.63, 3.8) is 0 Å². The zero-order valence-corrected chi connectivity index (χ0v) is 41.0. The maximum absolute atomic E-state index is 12.2. The van der Waals surface area contributed by atoms with Crippen LogP contribution in [0.1, 0.15) is 73.0 Å². The van der Waals surface area contributed by atoms with Crippen molar-refractivity contribution >= 4 is 17.9 Å². The Labute approximate surface area is 425 Å². The van der Waals surface area contributed by atoms with Crippen LogP contribution < -0.4 is 33.2 Å². The Hall–Kier alpha value is -9.25. The van der Waals surface area contributed by atoms with E-state index in [-0.39, 0.29) is 76.1 Å². The van der Waals surface area contributed by atoms with Crippen LogP contribution in [0.25, 0.3) is 0 Å². The summed E-state index contributed by atoms with van der Waals surface area (Å²) in [6.07, 6.45) is 0.335. The molecule has 0 saturated heterocycles. The van der Waals surface area contributed by atoms with E-state index in [1.807, 2.05) is 31.2 Å². The molecule has 0 saturated carbocycles. The molecule has 7 aromatic rings. The molecule has 0 aliphatic heterocycles. The molecule has 0 aromatic heterocycles. The number of carboxylic acid groups (broad SMARTS) is 3. The van der Waals surface area contributed by atoms with Gasteiger partial charge in [-0.3, -0.25) is 0 Å². The molecule has 0 spiro atoms. The molecule has 0 heterocycles. The first-order valence-corrected chi connectivity index (χ1v) is 22.9. The van der Waals surface area contributed by atoms with E-state index >= 15 is 0 Å². The number of phenols is 4. The van der Waals surface area contributed by atoms with Crippen molar-refractivity contribution in [2.24, 2.45) is 0 Å². The first kappa shape index (κ1) is 52.6. The predicted molar refractivity (Wildman–Crippen MR) is 270 cm³/mol. The molecule has 0 bridgehead atoms. The summed E-state index contributed by atoms with van der Waals surface area (Å²) in [6.45, 7) is -0.154. The van der Waals surface area contributed by atoms with E-state index in [4.69, 9.17) is 33.2 Å². The fourth-order valence-electron chi connectivity index (χ4n) is 8.96. The van der Waals surface area contributed by atoms with Gasteiger partial charge in [-0.2, -0.15) is 0 Å². The molecule has 0 unspecified atom stereocenters. The van der Waals surface area contributed by atoms with Gasteiger partial charge in [0.15, 0.2) is 65.8 Å². The van der Waals surface area contributed by atoms with Crippen LogP contribution >= 0.6 is 0 Å². The molecular formula is C57H54O17. The van der Waals surface area contributed by atoms with Gasteiger partial charge in [0.2, 0.25) is 0 Å². The molecular weight excluding hydrogens is 957 g/mol. The minimum atomic E-state index is -1.22. The second-order valence-corrected chi connectivity index (χ2v) is 17.1. The molecule has 0 atom stereocenters. The molecule has 74 heavy (non-hydrogen) atoms. The van der Waals surface area contributed by atoms with Gasteiger partial charge in [-0.25, -0.2) is 14.4 Å². The highest BCUT2D eigenvalue weighted by molar-refractivity contribution is 5.70. The average molecular weight is 1010 g/mol. The Balaban J connectivity index is 1.38. The zero-order chi connectivity index (χ0) is 53.2. The number of hydrogen-bond acceptors (Lipinski definition) is 14. The van der Waals surface area contributed by atoms with E-state index in [0.29, 0.717) is 55.6 Å². The van der Waals surface area contributed by atoms with E-state index in [1.165, 1.54) is 52.7 Å². The van der Waals surface area contributed by atoms with Gasteiger partial charge in [-0.05, 0) is 112 Å². The van der Waals surface area contributed by atoms with Crippen molar-refractivity contribution in [3.8, 4) is 63.2 Å². The standard InChI is InChI=1S/C57H54O17/c1-31-18-38(20-32-6-16-46(72-28-52(62)63)40(22-32)55(34-8-12-42(58)48(24-34)68-2)35-9-13-43(59)49(25-35)69-3)57(74-30-54(66)67)39(19-31)21-33-7-17-47(73-29-53(64)65)41(23-33)56(36-10-14-44(60)50(26-36)70-4)37-11-15-45(61)51(27-37)71-5/h6-19,22-27,55-56,58-61H,20-21,28-30H2,1-5H3,(H,62,63)(H,64,65)(H,66,67). The Morgan fingerprint density at radius 2 is 0.716 bits per heavy atom. The number of ether oxygens (including phenoxy) is 7. The number of phenolic OH excluding ortho intramolecular Hbond substituents is 4. The molecule has 7 N–H and O–H groups in total. The van der Waals surface area contributed by atoms with Crippen molar-refractivity contribution in [2.75, 3.05) is 48.3 Å². The third-order valence-corrected chi connectivity index (χ3v) is 12.1. The lowest BCUT2D eigenvalue weighted by Gasteiger charge is -2.24. The summed E-state index contributed by atoms with van der Waals surface area (Å²) in [7, 11) is 5.63. The van der Waals surface area contributed by atoms with Crippen molar-refractivity contribution in [3.05, 3.63) is 183 Å². The second kappa shape index (κ2) is 23.3. The van der Waals surface area contributed by atoms with Crippen molar-refractivity contribution in [1.29, 1.82) is 0 Å². The summed E-state index contributed by atoms with van der Waals surface area (Å²) < 4.78 is 39.9. The van der Waals surface area contributed by atoms with Crippen LogP contribution in [-0.2, 0) is 27.2 Å². The topological polar surface area (TPSA) is 257 Å². The van der Waals surface area contributed by atoms with Gasteiger partial charge < -0.3 is 68.9 Å². The van der Waals surface area contributed by atoms with Gasteiger partial charge in [-0.15, -0.1) is 0 Å². The second-order valence-electron chi connectivity index (χ2n) is 17.1. The number of methoxy groups -OCH3 is 4. The quantitative estimate of drug-likeness (QED) is 0.0295. The molecule has 0 amide bonds. The predicted octanol–water partition coefficient (Wildman–Crippen LogP) is 8.78. The van der Waals surface area contributed by atoms with E-state index in [9.17, 15) is 50.1 Å².